The summed E-state index contributed by atoms with van der Waals surface area (Å²) >= 11 is 6.54. The van der Waals surface area contributed by atoms with Crippen LogP contribution in [0.3, 0.4) is 0 Å². The maximum absolute atomic E-state index is 12.2. The molecule has 0 aliphatic carbocycles. The molecular weight excluding hydrogens is 504 g/mol. The summed E-state index contributed by atoms with van der Waals surface area (Å²) < 4.78 is 7.54. The smallest absolute Gasteiger partial charge is 0.247 e. The maximum atomic E-state index is 12.2. The summed E-state index contributed by atoms with van der Waals surface area (Å²) in [7, 11) is 7.53. The Bertz CT molecular complexity index is 1480. The Balaban J connectivity index is 1.76. The van der Waals surface area contributed by atoms with Gasteiger partial charge in [0.25, 0.3) is 0 Å². The van der Waals surface area contributed by atoms with Gasteiger partial charge in [-0.05, 0) is 43.8 Å². The summed E-state index contributed by atoms with van der Waals surface area (Å²) in [4.78, 5) is 25.4. The van der Waals surface area contributed by atoms with Crippen LogP contribution < -0.4 is 26.0 Å². The number of carbonyl (C=O) groups excluding carboxylic acids is 1. The van der Waals surface area contributed by atoms with Crippen molar-refractivity contribution < 1.29 is 9.53 Å². The first-order chi connectivity index (χ1) is 18.2. The average molecular weight is 535 g/mol. The third-order valence-electron chi connectivity index (χ3n) is 5.99. The van der Waals surface area contributed by atoms with Gasteiger partial charge in [-0.2, -0.15) is 9.97 Å². The van der Waals surface area contributed by atoms with Crippen molar-refractivity contribution in [1.82, 2.24) is 19.4 Å². The number of para-hydroxylation sites is 1. The first-order valence-corrected chi connectivity index (χ1v) is 12.3. The second kappa shape index (κ2) is 11.4. The Morgan fingerprint density at radius 3 is 2.63 bits per heavy atom. The standard InChI is InChI=1S/C27H31ClN8O2/c1-6-23(37)30-18-15-19(22(38-5)16-21(18)35(4)14-13-34(2)3)31-27-32-25(29)24(28)26(33-27)36-12-11-17-9-7-8-10-20(17)36/h6-12,15-16H,1,13-14H2,2-5H3,(H,30,37)(H3,29,31,32,33). The Labute approximate surface area is 226 Å². The monoisotopic (exact) mass is 534 g/mol. The van der Waals surface area contributed by atoms with E-state index in [9.17, 15) is 4.79 Å². The lowest BCUT2D eigenvalue weighted by Gasteiger charge is -2.26. The number of carbonyl (C=O) groups is 1. The third kappa shape index (κ3) is 5.66. The molecule has 0 radical (unpaired) electrons. The molecule has 0 saturated carbocycles. The lowest BCUT2D eigenvalue weighted by Crippen LogP contribution is -2.29. The number of methoxy groups -OCH3 is 1. The molecule has 2 aromatic heterocycles. The van der Waals surface area contributed by atoms with Crippen molar-refractivity contribution >= 4 is 57.2 Å². The lowest BCUT2D eigenvalue weighted by molar-refractivity contribution is -0.111. The van der Waals surface area contributed by atoms with E-state index < -0.39 is 0 Å². The predicted octanol–water partition coefficient (Wildman–Crippen LogP) is 4.53. The Morgan fingerprint density at radius 1 is 1.16 bits per heavy atom. The van der Waals surface area contributed by atoms with Gasteiger partial charge in [0, 0.05) is 32.4 Å². The first-order valence-electron chi connectivity index (χ1n) is 11.9. The minimum Gasteiger partial charge on any atom is -0.494 e. The van der Waals surface area contributed by atoms with Crippen LogP contribution in [-0.4, -0.2) is 66.7 Å². The fourth-order valence-electron chi connectivity index (χ4n) is 3.96. The molecule has 0 atom stereocenters. The largest absolute Gasteiger partial charge is 0.494 e. The molecule has 4 aromatic rings. The molecule has 38 heavy (non-hydrogen) atoms. The molecule has 198 valence electrons. The number of rotatable bonds is 10. The highest BCUT2D eigenvalue weighted by atomic mass is 35.5. The number of hydrogen-bond acceptors (Lipinski definition) is 8. The number of fused-ring (bicyclic) bond motifs is 1. The van der Waals surface area contributed by atoms with Crippen molar-refractivity contribution in [2.24, 2.45) is 0 Å². The van der Waals surface area contributed by atoms with Gasteiger partial charge in [0.1, 0.15) is 16.6 Å². The molecule has 2 heterocycles. The number of benzene rings is 2. The number of halogens is 1. The van der Waals surface area contributed by atoms with Crippen LogP contribution in [0.4, 0.5) is 28.8 Å². The van der Waals surface area contributed by atoms with Crippen LogP contribution in [0.25, 0.3) is 16.7 Å². The molecule has 10 nitrogen and oxygen atoms in total. The molecule has 4 rings (SSSR count). The quantitative estimate of drug-likeness (QED) is 0.254. The summed E-state index contributed by atoms with van der Waals surface area (Å²) in [6, 6.07) is 13.5. The highest BCUT2D eigenvalue weighted by Gasteiger charge is 2.19. The molecule has 0 unspecified atom stereocenters. The van der Waals surface area contributed by atoms with E-state index in [4.69, 9.17) is 22.1 Å². The van der Waals surface area contributed by atoms with Crippen LogP contribution in [-0.2, 0) is 4.79 Å². The van der Waals surface area contributed by atoms with Crippen LogP contribution >= 0.6 is 11.6 Å². The summed E-state index contributed by atoms with van der Waals surface area (Å²) in [5.74, 6) is 0.960. The molecule has 0 bridgehead atoms. The van der Waals surface area contributed by atoms with Crippen LogP contribution in [0.5, 0.6) is 5.75 Å². The van der Waals surface area contributed by atoms with E-state index in [1.807, 2.05) is 73.2 Å². The summed E-state index contributed by atoms with van der Waals surface area (Å²) in [5, 5.41) is 7.34. The van der Waals surface area contributed by atoms with Gasteiger partial charge < -0.3 is 30.9 Å². The van der Waals surface area contributed by atoms with E-state index in [-0.39, 0.29) is 22.7 Å². The van der Waals surface area contributed by atoms with Crippen LogP contribution in [0.2, 0.25) is 5.02 Å². The molecule has 0 aliphatic heterocycles. The summed E-state index contributed by atoms with van der Waals surface area (Å²) in [5.41, 5.74) is 8.99. The molecule has 0 aliphatic rings. The molecule has 1 amide bonds. The molecule has 0 spiro atoms. The van der Waals surface area contributed by atoms with E-state index in [1.54, 1.807) is 13.2 Å². The molecule has 2 aromatic carbocycles. The zero-order valence-electron chi connectivity index (χ0n) is 21.8. The second-order valence-electron chi connectivity index (χ2n) is 8.93. The number of hydrogen-bond donors (Lipinski definition) is 3. The van der Waals surface area contributed by atoms with E-state index in [0.29, 0.717) is 22.9 Å². The predicted molar refractivity (Wildman–Crippen MR) is 155 cm³/mol. The molecule has 4 N–H and O–H groups in total. The topological polar surface area (TPSA) is 114 Å². The van der Waals surface area contributed by atoms with Crippen molar-refractivity contribution in [3.63, 3.8) is 0 Å². The van der Waals surface area contributed by atoms with E-state index in [2.05, 4.69) is 32.1 Å². The first kappa shape index (κ1) is 26.8. The summed E-state index contributed by atoms with van der Waals surface area (Å²) in [6.45, 7) is 5.12. The number of amides is 1. The van der Waals surface area contributed by atoms with Gasteiger partial charge >= 0.3 is 0 Å². The minimum atomic E-state index is -0.336. The molecule has 11 heteroatoms. The fourth-order valence-corrected chi connectivity index (χ4v) is 4.14. The third-order valence-corrected chi connectivity index (χ3v) is 6.35. The lowest BCUT2D eigenvalue weighted by atomic mass is 10.2. The number of anilines is 5. The van der Waals surface area contributed by atoms with E-state index in [0.717, 1.165) is 29.7 Å². The van der Waals surface area contributed by atoms with Crippen molar-refractivity contribution in [3.05, 3.63) is 66.3 Å². The number of nitrogen functional groups attached to an aromatic ring is 1. The van der Waals surface area contributed by atoms with Crippen molar-refractivity contribution in [2.75, 3.05) is 62.6 Å². The minimum absolute atomic E-state index is 0.121. The van der Waals surface area contributed by atoms with Gasteiger partial charge in [-0.15, -0.1) is 0 Å². The van der Waals surface area contributed by atoms with Gasteiger partial charge in [0.05, 0.1) is 29.7 Å². The zero-order valence-corrected chi connectivity index (χ0v) is 22.6. The van der Waals surface area contributed by atoms with Crippen molar-refractivity contribution in [3.8, 4) is 11.6 Å². The second-order valence-corrected chi connectivity index (χ2v) is 9.31. The van der Waals surface area contributed by atoms with Crippen molar-refractivity contribution in [1.29, 1.82) is 0 Å². The number of ether oxygens (including phenoxy) is 1. The highest BCUT2D eigenvalue weighted by molar-refractivity contribution is 6.34. The highest BCUT2D eigenvalue weighted by Crippen LogP contribution is 2.38. The maximum Gasteiger partial charge on any atom is 0.247 e. The van der Waals surface area contributed by atoms with Crippen molar-refractivity contribution in [2.45, 2.75) is 0 Å². The van der Waals surface area contributed by atoms with E-state index >= 15 is 0 Å². The van der Waals surface area contributed by atoms with Gasteiger partial charge in [-0.3, -0.25) is 9.36 Å². The number of nitrogens with one attached hydrogen (secondary N) is 2. The van der Waals surface area contributed by atoms with Gasteiger partial charge in [0.15, 0.2) is 5.82 Å². The summed E-state index contributed by atoms with van der Waals surface area (Å²) in [6.07, 6.45) is 3.10. The molecule has 0 fully saturated rings. The molecular formula is C27H31ClN8O2. The van der Waals surface area contributed by atoms with E-state index in [1.165, 1.54) is 6.08 Å². The number of nitrogens with zero attached hydrogens (tertiary/aromatic N) is 5. The van der Waals surface area contributed by atoms with Crippen LogP contribution in [0.15, 0.2) is 61.3 Å². The number of likely N-dealkylation sites (N-methyl/N-ethyl adjacent to an activating group) is 2. The van der Waals surface area contributed by atoms with Crippen LogP contribution in [0, 0.1) is 0 Å². The normalized spacial score (nSPS) is 11.0. The van der Waals surface area contributed by atoms with Crippen LogP contribution in [0.1, 0.15) is 0 Å². The SMILES string of the molecule is C=CC(=O)Nc1cc(Nc2nc(N)c(Cl)c(-n3ccc4ccccc43)n2)c(OC)cc1N(C)CCN(C)C. The fraction of sp³-hybridized carbons (Fsp3) is 0.222. The van der Waals surface area contributed by atoms with Gasteiger partial charge in [0.2, 0.25) is 11.9 Å². The zero-order chi connectivity index (χ0) is 27.4. The Hall–Kier alpha value is -4.28. The average Bonchev–Trinajstić information content (AvgIpc) is 3.33. The number of nitrogens with two attached hydrogens (primary N) is 1. The molecule has 0 saturated heterocycles. The van der Waals surface area contributed by atoms with Gasteiger partial charge in [-0.25, -0.2) is 0 Å². The number of aromatic nitrogens is 3. The Morgan fingerprint density at radius 2 is 1.92 bits per heavy atom. The van der Waals surface area contributed by atoms with Gasteiger partial charge in [-0.1, -0.05) is 36.4 Å². The Kier molecular flexibility index (Phi) is 8.04.